The van der Waals surface area contributed by atoms with Gasteiger partial charge in [-0.3, -0.25) is 4.79 Å². The fourth-order valence-corrected chi connectivity index (χ4v) is 3.03. The number of allylic oxidation sites excluding steroid dienone is 2. The summed E-state index contributed by atoms with van der Waals surface area (Å²) in [5.74, 6) is -3.17. The zero-order valence-corrected chi connectivity index (χ0v) is 17.3. The van der Waals surface area contributed by atoms with Gasteiger partial charge in [0.15, 0.2) is 0 Å². The van der Waals surface area contributed by atoms with Crippen LogP contribution in [-0.4, -0.2) is 21.1 Å². The average Bonchev–Trinajstić information content (AvgIpc) is 2.78. The van der Waals surface area contributed by atoms with Gasteiger partial charge in [-0.1, -0.05) is 12.1 Å². The lowest BCUT2D eigenvalue weighted by atomic mass is 9.94. The Bertz CT molecular complexity index is 1140. The molecular weight excluding hydrogens is 414 g/mol. The maximum Gasteiger partial charge on any atom is 0.271 e. The van der Waals surface area contributed by atoms with E-state index in [1.54, 1.807) is 42.5 Å². The molecule has 0 spiro atoms. The quantitative estimate of drug-likeness (QED) is 0.487. The van der Waals surface area contributed by atoms with Crippen molar-refractivity contribution in [3.05, 3.63) is 90.0 Å². The predicted octanol–water partition coefficient (Wildman–Crippen LogP) is 3.60. The third-order valence-corrected chi connectivity index (χ3v) is 4.57. The molecule has 2 heterocycles. The normalized spacial score (nSPS) is 12.2. The van der Waals surface area contributed by atoms with Crippen LogP contribution in [0.3, 0.4) is 0 Å². The Labute approximate surface area is 183 Å². The SMILES string of the molecule is CC(F)(F)c1cc(CC(=O)Nc2ccc(/C(N)=C/C=C\N)cn2)ccc1-c1ccnnc1. The summed E-state index contributed by atoms with van der Waals surface area (Å²) in [6.07, 6.45) is 8.85. The number of carbonyl (C=O) groups is 1. The molecule has 0 saturated carbocycles. The number of anilines is 1. The molecule has 5 N–H and O–H groups in total. The molecule has 3 rings (SSSR count). The first kappa shape index (κ1) is 22.5. The zero-order chi connectivity index (χ0) is 23.1. The molecule has 9 heteroatoms. The van der Waals surface area contributed by atoms with E-state index in [1.165, 1.54) is 30.9 Å². The van der Waals surface area contributed by atoms with Gasteiger partial charge in [0.2, 0.25) is 5.91 Å². The summed E-state index contributed by atoms with van der Waals surface area (Å²) in [5, 5.41) is 10.1. The molecule has 1 aromatic carbocycles. The summed E-state index contributed by atoms with van der Waals surface area (Å²) in [7, 11) is 0. The molecule has 0 unspecified atom stereocenters. The summed E-state index contributed by atoms with van der Waals surface area (Å²) >= 11 is 0. The first-order chi connectivity index (χ1) is 15.3. The molecular formula is C23H22F2N6O. The van der Waals surface area contributed by atoms with Gasteiger partial charge in [-0.05, 0) is 53.7 Å². The van der Waals surface area contributed by atoms with Crippen LogP contribution in [0.25, 0.3) is 16.8 Å². The predicted molar refractivity (Wildman–Crippen MR) is 119 cm³/mol. The number of alkyl halides is 2. The molecule has 0 aliphatic rings. The largest absolute Gasteiger partial charge is 0.405 e. The third-order valence-electron chi connectivity index (χ3n) is 4.57. The fraction of sp³-hybridized carbons (Fsp3) is 0.130. The highest BCUT2D eigenvalue weighted by atomic mass is 19.3. The van der Waals surface area contributed by atoms with Crippen molar-refractivity contribution in [3.63, 3.8) is 0 Å². The van der Waals surface area contributed by atoms with Crippen LogP contribution in [0, 0.1) is 0 Å². The van der Waals surface area contributed by atoms with Crippen molar-refractivity contribution >= 4 is 17.4 Å². The number of amides is 1. The average molecular weight is 436 g/mol. The van der Waals surface area contributed by atoms with Gasteiger partial charge in [-0.2, -0.15) is 10.2 Å². The van der Waals surface area contributed by atoms with Crippen LogP contribution in [0.4, 0.5) is 14.6 Å². The van der Waals surface area contributed by atoms with E-state index in [2.05, 4.69) is 20.5 Å². The van der Waals surface area contributed by atoms with E-state index in [0.717, 1.165) is 6.92 Å². The number of hydrogen-bond acceptors (Lipinski definition) is 6. The van der Waals surface area contributed by atoms with E-state index in [9.17, 15) is 13.6 Å². The second-order valence-corrected chi connectivity index (χ2v) is 7.06. The minimum absolute atomic E-state index is 0.0925. The van der Waals surface area contributed by atoms with E-state index in [1.807, 2.05) is 0 Å². The van der Waals surface area contributed by atoms with Crippen molar-refractivity contribution in [1.82, 2.24) is 15.2 Å². The number of nitrogens with two attached hydrogens (primary N) is 2. The minimum atomic E-state index is -3.10. The Morgan fingerprint density at radius 3 is 2.59 bits per heavy atom. The van der Waals surface area contributed by atoms with Gasteiger partial charge in [-0.15, -0.1) is 0 Å². The van der Waals surface area contributed by atoms with Crippen LogP contribution in [0.5, 0.6) is 0 Å². The lowest BCUT2D eigenvalue weighted by Gasteiger charge is -2.17. The summed E-state index contributed by atoms with van der Waals surface area (Å²) in [6.45, 7) is 0.819. The highest BCUT2D eigenvalue weighted by Crippen LogP contribution is 2.36. The second-order valence-electron chi connectivity index (χ2n) is 7.06. The Hall–Kier alpha value is -4.14. The Morgan fingerprint density at radius 1 is 1.16 bits per heavy atom. The molecule has 0 fully saturated rings. The van der Waals surface area contributed by atoms with Gasteiger partial charge in [0.25, 0.3) is 5.92 Å². The first-order valence-electron chi connectivity index (χ1n) is 9.66. The van der Waals surface area contributed by atoms with E-state index in [4.69, 9.17) is 11.5 Å². The molecule has 164 valence electrons. The molecule has 1 amide bonds. The molecule has 2 aromatic heterocycles. The van der Waals surface area contributed by atoms with Crippen LogP contribution in [0.15, 0.2) is 73.3 Å². The van der Waals surface area contributed by atoms with Gasteiger partial charge < -0.3 is 16.8 Å². The van der Waals surface area contributed by atoms with Crippen LogP contribution >= 0.6 is 0 Å². The molecule has 0 aliphatic carbocycles. The Balaban J connectivity index is 1.75. The highest BCUT2D eigenvalue weighted by molar-refractivity contribution is 5.91. The number of rotatable bonds is 7. The molecule has 3 aromatic rings. The topological polar surface area (TPSA) is 120 Å². The lowest BCUT2D eigenvalue weighted by Crippen LogP contribution is -2.16. The Kier molecular flexibility index (Phi) is 6.89. The van der Waals surface area contributed by atoms with E-state index < -0.39 is 5.92 Å². The second kappa shape index (κ2) is 9.78. The van der Waals surface area contributed by atoms with Gasteiger partial charge in [0.1, 0.15) is 5.82 Å². The highest BCUT2D eigenvalue weighted by Gasteiger charge is 2.28. The maximum atomic E-state index is 14.3. The number of nitrogens with zero attached hydrogens (tertiary/aromatic N) is 3. The number of benzene rings is 1. The van der Waals surface area contributed by atoms with Crippen LogP contribution < -0.4 is 16.8 Å². The maximum absolute atomic E-state index is 14.3. The zero-order valence-electron chi connectivity index (χ0n) is 17.3. The van der Waals surface area contributed by atoms with Crippen molar-refractivity contribution in [2.75, 3.05) is 5.32 Å². The van der Waals surface area contributed by atoms with Crippen molar-refractivity contribution in [1.29, 1.82) is 0 Å². The summed E-state index contributed by atoms with van der Waals surface area (Å²) in [5.41, 5.74) is 13.4. The first-order valence-corrected chi connectivity index (χ1v) is 9.66. The molecule has 0 bridgehead atoms. The number of carbonyl (C=O) groups excluding carboxylic acids is 1. The van der Waals surface area contributed by atoms with E-state index >= 15 is 0 Å². The number of halogens is 2. The van der Waals surface area contributed by atoms with Gasteiger partial charge in [0.05, 0.1) is 18.8 Å². The van der Waals surface area contributed by atoms with Crippen molar-refractivity contribution in [3.8, 4) is 11.1 Å². The molecule has 0 saturated heterocycles. The van der Waals surface area contributed by atoms with Crippen molar-refractivity contribution in [2.24, 2.45) is 11.5 Å². The third kappa shape index (κ3) is 5.72. The summed E-state index contributed by atoms with van der Waals surface area (Å²) in [4.78, 5) is 16.6. The number of hydrogen-bond donors (Lipinski definition) is 3. The lowest BCUT2D eigenvalue weighted by molar-refractivity contribution is -0.115. The molecule has 32 heavy (non-hydrogen) atoms. The standard InChI is InChI=1S/C23H22F2N6O/c1-23(24,25)19-11-15(4-6-18(19)16-8-10-29-30-14-16)12-22(32)31-21-7-5-17(13-28-21)20(27)3-2-9-26/h2-11,13-14H,12,26-27H2,1H3,(H,28,31,32)/b9-2-,20-3-. The van der Waals surface area contributed by atoms with Crippen molar-refractivity contribution < 1.29 is 13.6 Å². The number of nitrogens with one attached hydrogen (secondary N) is 1. The molecule has 7 nitrogen and oxygen atoms in total. The smallest absolute Gasteiger partial charge is 0.271 e. The summed E-state index contributed by atoms with van der Waals surface area (Å²) < 4.78 is 28.5. The van der Waals surface area contributed by atoms with Crippen LogP contribution in [0.2, 0.25) is 0 Å². The minimum Gasteiger partial charge on any atom is -0.405 e. The van der Waals surface area contributed by atoms with Crippen molar-refractivity contribution in [2.45, 2.75) is 19.3 Å². The number of pyridine rings is 1. The van der Waals surface area contributed by atoms with Crippen LogP contribution in [0.1, 0.15) is 23.6 Å². The van der Waals surface area contributed by atoms with E-state index in [-0.39, 0.29) is 17.9 Å². The van der Waals surface area contributed by atoms with E-state index in [0.29, 0.717) is 33.8 Å². The van der Waals surface area contributed by atoms with Gasteiger partial charge in [0, 0.05) is 35.5 Å². The monoisotopic (exact) mass is 436 g/mol. The van der Waals surface area contributed by atoms with Crippen LogP contribution in [-0.2, 0) is 17.1 Å². The molecule has 0 aliphatic heterocycles. The Morgan fingerprint density at radius 2 is 1.97 bits per heavy atom. The van der Waals surface area contributed by atoms with Gasteiger partial charge >= 0.3 is 0 Å². The molecule has 0 radical (unpaired) electrons. The summed E-state index contributed by atoms with van der Waals surface area (Å²) in [6, 6.07) is 9.44. The fourth-order valence-electron chi connectivity index (χ4n) is 3.03. The molecule has 0 atom stereocenters. The van der Waals surface area contributed by atoms with Gasteiger partial charge in [-0.25, -0.2) is 13.8 Å². The number of aromatic nitrogens is 3.